The molecule has 3 rings (SSSR count). The fourth-order valence-corrected chi connectivity index (χ4v) is 4.75. The van der Waals surface area contributed by atoms with Crippen molar-refractivity contribution in [2.45, 2.75) is 24.8 Å². The van der Waals surface area contributed by atoms with Crippen LogP contribution in [-0.2, 0) is 23.0 Å². The number of carbonyl (C=O) groups is 1. The van der Waals surface area contributed by atoms with Crippen molar-refractivity contribution in [1.29, 1.82) is 0 Å². The van der Waals surface area contributed by atoms with E-state index in [0.717, 1.165) is 12.0 Å². The van der Waals surface area contributed by atoms with Crippen LogP contribution in [0, 0.1) is 0 Å². The molecular weight excluding hydrogens is 306 g/mol. The minimum absolute atomic E-state index is 0.0696. The molecule has 2 heterocycles. The lowest BCUT2D eigenvalue weighted by Gasteiger charge is -2.26. The molecule has 1 aliphatic heterocycles. The van der Waals surface area contributed by atoms with Crippen LogP contribution in [0.2, 0.25) is 0 Å². The number of Topliss-reactive ketones (excluding diaryl/α,β-unsaturated/α-hetero) is 1. The summed E-state index contributed by atoms with van der Waals surface area (Å²) in [4.78, 5) is 12.8. The van der Waals surface area contributed by atoms with Gasteiger partial charge < -0.3 is 0 Å². The Morgan fingerprint density at radius 2 is 1.90 bits per heavy atom. The van der Waals surface area contributed by atoms with E-state index in [4.69, 9.17) is 0 Å². The van der Waals surface area contributed by atoms with Crippen molar-refractivity contribution < 1.29 is 13.2 Å². The van der Waals surface area contributed by atoms with Crippen molar-refractivity contribution >= 4 is 27.1 Å². The number of benzene rings is 1. The number of fused-ring (bicyclic) bond motifs is 1. The van der Waals surface area contributed by atoms with Crippen LogP contribution >= 0.6 is 11.3 Å². The third-order valence-electron chi connectivity index (χ3n) is 3.67. The summed E-state index contributed by atoms with van der Waals surface area (Å²) in [6.07, 6.45) is 0.762. The van der Waals surface area contributed by atoms with Gasteiger partial charge in [-0.05, 0) is 42.5 Å². The number of thiophene rings is 1. The molecule has 0 radical (unpaired) electrons. The van der Waals surface area contributed by atoms with E-state index in [1.165, 1.54) is 28.2 Å². The summed E-state index contributed by atoms with van der Waals surface area (Å²) in [5, 5.41) is 2.00. The highest BCUT2D eigenvalue weighted by molar-refractivity contribution is 7.89. The Balaban J connectivity index is 1.89. The first-order chi connectivity index (χ1) is 9.98. The van der Waals surface area contributed by atoms with Gasteiger partial charge in [0.1, 0.15) is 0 Å². The zero-order chi connectivity index (χ0) is 15.0. The van der Waals surface area contributed by atoms with Gasteiger partial charge in [0.15, 0.2) is 5.78 Å². The van der Waals surface area contributed by atoms with E-state index in [-0.39, 0.29) is 10.7 Å². The number of rotatable bonds is 3. The number of nitrogens with zero attached hydrogens (tertiary/aromatic N) is 1. The second-order valence-electron chi connectivity index (χ2n) is 5.04. The van der Waals surface area contributed by atoms with Crippen LogP contribution in [0.5, 0.6) is 0 Å². The van der Waals surface area contributed by atoms with E-state index < -0.39 is 10.0 Å². The van der Waals surface area contributed by atoms with Crippen molar-refractivity contribution in [1.82, 2.24) is 4.31 Å². The number of ketones is 1. The van der Waals surface area contributed by atoms with Gasteiger partial charge in [-0.3, -0.25) is 4.79 Å². The molecule has 0 bridgehead atoms. The summed E-state index contributed by atoms with van der Waals surface area (Å²) in [5.41, 5.74) is 1.61. The highest BCUT2D eigenvalue weighted by Crippen LogP contribution is 2.28. The highest BCUT2D eigenvalue weighted by Gasteiger charge is 2.28. The lowest BCUT2D eigenvalue weighted by Crippen LogP contribution is -2.35. The molecule has 0 saturated carbocycles. The highest BCUT2D eigenvalue weighted by atomic mass is 32.2. The Bertz CT molecular complexity index is 776. The average Bonchev–Trinajstić information content (AvgIpc) is 2.94. The molecule has 0 amide bonds. The summed E-state index contributed by atoms with van der Waals surface area (Å²) >= 11 is 1.68. The molecule has 110 valence electrons. The molecule has 1 aromatic heterocycles. The Morgan fingerprint density at radius 1 is 1.19 bits per heavy atom. The normalized spacial score (nSPS) is 15.7. The second-order valence-corrected chi connectivity index (χ2v) is 7.98. The number of carbonyl (C=O) groups excluding carboxylic acids is 1. The molecule has 0 N–H and O–H groups in total. The fraction of sp³-hybridized carbons (Fsp3) is 0.267. The van der Waals surface area contributed by atoms with Gasteiger partial charge >= 0.3 is 0 Å². The van der Waals surface area contributed by atoms with E-state index in [0.29, 0.717) is 18.7 Å². The first kappa shape index (κ1) is 14.4. The quantitative estimate of drug-likeness (QED) is 0.817. The second kappa shape index (κ2) is 5.36. The number of sulfonamides is 1. The van der Waals surface area contributed by atoms with E-state index in [1.807, 2.05) is 11.4 Å². The van der Waals surface area contributed by atoms with Gasteiger partial charge in [0.05, 0.1) is 4.90 Å². The number of hydrogen-bond donors (Lipinski definition) is 0. The van der Waals surface area contributed by atoms with Crippen LogP contribution in [0.3, 0.4) is 0 Å². The van der Waals surface area contributed by atoms with Gasteiger partial charge in [-0.15, -0.1) is 11.3 Å². The molecule has 4 nitrogen and oxygen atoms in total. The number of hydrogen-bond acceptors (Lipinski definition) is 4. The van der Waals surface area contributed by atoms with Crippen LogP contribution in [0.1, 0.15) is 27.7 Å². The molecule has 0 unspecified atom stereocenters. The molecule has 0 atom stereocenters. The lowest BCUT2D eigenvalue weighted by atomic mass is 10.1. The first-order valence-electron chi connectivity index (χ1n) is 6.65. The van der Waals surface area contributed by atoms with Crippen LogP contribution in [0.25, 0.3) is 0 Å². The predicted molar refractivity (Wildman–Crippen MR) is 82.1 cm³/mol. The van der Waals surface area contributed by atoms with Gasteiger partial charge in [0.2, 0.25) is 10.0 Å². The first-order valence-corrected chi connectivity index (χ1v) is 8.97. The molecule has 0 fully saturated rings. The fourth-order valence-electron chi connectivity index (χ4n) is 2.44. The third kappa shape index (κ3) is 2.66. The van der Waals surface area contributed by atoms with Gasteiger partial charge in [0, 0.05) is 23.5 Å². The maximum Gasteiger partial charge on any atom is 0.243 e. The SMILES string of the molecule is CC(=O)c1ccc(S(=O)(=O)N2CCc3sccc3C2)cc1. The summed E-state index contributed by atoms with van der Waals surface area (Å²) in [5.74, 6) is -0.0696. The maximum absolute atomic E-state index is 12.6. The monoisotopic (exact) mass is 321 g/mol. The predicted octanol–water partition coefficient (Wildman–Crippen LogP) is 2.70. The third-order valence-corrected chi connectivity index (χ3v) is 6.55. The van der Waals surface area contributed by atoms with E-state index in [1.54, 1.807) is 23.5 Å². The largest absolute Gasteiger partial charge is 0.295 e. The summed E-state index contributed by atoms with van der Waals surface area (Å²) < 4.78 is 26.8. The lowest BCUT2D eigenvalue weighted by molar-refractivity contribution is 0.101. The molecule has 0 spiro atoms. The van der Waals surface area contributed by atoms with E-state index >= 15 is 0 Å². The van der Waals surface area contributed by atoms with Crippen LogP contribution in [0.4, 0.5) is 0 Å². The molecule has 0 aliphatic carbocycles. The van der Waals surface area contributed by atoms with E-state index in [2.05, 4.69) is 0 Å². The summed E-state index contributed by atoms with van der Waals surface area (Å²) in [6.45, 7) is 2.40. The molecule has 0 saturated heterocycles. The molecule has 2 aromatic rings. The molecule has 6 heteroatoms. The Hall–Kier alpha value is -1.50. The smallest absolute Gasteiger partial charge is 0.243 e. The van der Waals surface area contributed by atoms with Gasteiger partial charge in [0.25, 0.3) is 0 Å². The maximum atomic E-state index is 12.6. The Morgan fingerprint density at radius 3 is 2.57 bits per heavy atom. The standard InChI is InChI=1S/C15H15NO3S2/c1-11(17)12-2-4-14(5-3-12)21(18,19)16-8-6-15-13(10-16)7-9-20-15/h2-5,7,9H,6,8,10H2,1H3. The minimum Gasteiger partial charge on any atom is -0.295 e. The Labute approximate surface area is 128 Å². The van der Waals surface area contributed by atoms with E-state index in [9.17, 15) is 13.2 Å². The molecule has 1 aromatic carbocycles. The zero-order valence-corrected chi connectivity index (χ0v) is 13.2. The molecular formula is C15H15NO3S2. The molecule has 21 heavy (non-hydrogen) atoms. The molecule has 1 aliphatic rings. The van der Waals surface area contributed by atoms with Crippen molar-refractivity contribution in [2.75, 3.05) is 6.54 Å². The van der Waals surface area contributed by atoms with Crippen LogP contribution in [-0.4, -0.2) is 25.1 Å². The minimum atomic E-state index is -3.50. The summed E-state index contributed by atoms with van der Waals surface area (Å²) in [6, 6.07) is 8.13. The van der Waals surface area contributed by atoms with Crippen molar-refractivity contribution in [3.05, 3.63) is 51.7 Å². The van der Waals surface area contributed by atoms with Gasteiger partial charge in [-0.2, -0.15) is 4.31 Å². The van der Waals surface area contributed by atoms with Crippen LogP contribution < -0.4 is 0 Å². The Kier molecular flexibility index (Phi) is 3.69. The van der Waals surface area contributed by atoms with Gasteiger partial charge in [-0.25, -0.2) is 8.42 Å². The van der Waals surface area contributed by atoms with Crippen molar-refractivity contribution in [3.8, 4) is 0 Å². The average molecular weight is 321 g/mol. The van der Waals surface area contributed by atoms with Crippen molar-refractivity contribution in [2.24, 2.45) is 0 Å². The van der Waals surface area contributed by atoms with Gasteiger partial charge in [-0.1, -0.05) is 12.1 Å². The summed E-state index contributed by atoms with van der Waals surface area (Å²) in [7, 11) is -3.50. The topological polar surface area (TPSA) is 54.5 Å². The van der Waals surface area contributed by atoms with Crippen LogP contribution in [0.15, 0.2) is 40.6 Å². The zero-order valence-electron chi connectivity index (χ0n) is 11.6. The van der Waals surface area contributed by atoms with Crippen molar-refractivity contribution in [3.63, 3.8) is 0 Å².